The number of rotatable bonds is 4. The molecule has 0 bridgehead atoms. The lowest BCUT2D eigenvalue weighted by Gasteiger charge is -2.00. The van der Waals surface area contributed by atoms with E-state index in [1.54, 1.807) is 11.3 Å². The van der Waals surface area contributed by atoms with Crippen LogP contribution in [-0.2, 0) is 6.54 Å². The van der Waals surface area contributed by atoms with Crippen LogP contribution in [0, 0.1) is 0 Å². The second kappa shape index (κ2) is 5.38. The van der Waals surface area contributed by atoms with Crippen molar-refractivity contribution in [3.63, 3.8) is 0 Å². The molecule has 1 nitrogen and oxygen atoms in total. The van der Waals surface area contributed by atoms with Crippen LogP contribution in [0.3, 0.4) is 0 Å². The molecule has 0 amide bonds. The highest BCUT2D eigenvalue weighted by molar-refractivity contribution is 7.10. The van der Waals surface area contributed by atoms with E-state index < -0.39 is 0 Å². The fourth-order valence-corrected chi connectivity index (χ4v) is 3.25. The largest absolute Gasteiger partial charge is 0.379 e. The highest BCUT2D eigenvalue weighted by Gasteiger charge is 2.02. The summed E-state index contributed by atoms with van der Waals surface area (Å²) in [5.74, 6) is 0. The van der Waals surface area contributed by atoms with E-state index >= 15 is 0 Å². The van der Waals surface area contributed by atoms with Gasteiger partial charge < -0.3 is 5.32 Å². The van der Waals surface area contributed by atoms with Gasteiger partial charge in [0.05, 0.1) is 0 Å². The summed E-state index contributed by atoms with van der Waals surface area (Å²) in [7, 11) is 0. The maximum absolute atomic E-state index is 3.43. The molecule has 3 heteroatoms. The van der Waals surface area contributed by atoms with E-state index in [0.29, 0.717) is 0 Å². The van der Waals surface area contributed by atoms with Crippen molar-refractivity contribution < 1.29 is 0 Å². The van der Waals surface area contributed by atoms with Crippen LogP contribution in [-0.4, -0.2) is 0 Å². The van der Waals surface area contributed by atoms with E-state index in [9.17, 15) is 0 Å². The maximum Gasteiger partial charge on any atom is 0.0494 e. The highest BCUT2D eigenvalue weighted by Crippen LogP contribution is 2.26. The van der Waals surface area contributed by atoms with Crippen molar-refractivity contribution in [2.24, 2.45) is 0 Å². The van der Waals surface area contributed by atoms with Crippen molar-refractivity contribution in [3.05, 3.63) is 63.5 Å². The molecule has 3 rings (SSSR count). The van der Waals surface area contributed by atoms with Crippen molar-refractivity contribution >= 4 is 28.4 Å². The Morgan fingerprint density at radius 1 is 0.944 bits per heavy atom. The summed E-state index contributed by atoms with van der Waals surface area (Å²) < 4.78 is 0. The molecule has 0 unspecified atom stereocenters. The first-order valence-corrected chi connectivity index (χ1v) is 7.63. The van der Waals surface area contributed by atoms with Gasteiger partial charge in [0.2, 0.25) is 0 Å². The van der Waals surface area contributed by atoms with Crippen LogP contribution in [0.2, 0.25) is 0 Å². The first-order chi connectivity index (χ1) is 8.92. The van der Waals surface area contributed by atoms with E-state index in [1.807, 2.05) is 11.3 Å². The first-order valence-electron chi connectivity index (χ1n) is 5.81. The first kappa shape index (κ1) is 11.5. The molecule has 2 heterocycles. The lowest BCUT2D eigenvalue weighted by molar-refractivity contribution is 1.20. The molecule has 2 aromatic heterocycles. The summed E-state index contributed by atoms with van der Waals surface area (Å²) in [6.45, 7) is 0.897. The van der Waals surface area contributed by atoms with Crippen molar-refractivity contribution in [2.75, 3.05) is 5.32 Å². The van der Waals surface area contributed by atoms with Gasteiger partial charge in [0.15, 0.2) is 0 Å². The van der Waals surface area contributed by atoms with Gasteiger partial charge in [0.1, 0.15) is 0 Å². The fourth-order valence-electron chi connectivity index (χ4n) is 1.81. The van der Waals surface area contributed by atoms with Gasteiger partial charge in [-0.3, -0.25) is 0 Å². The molecule has 0 saturated heterocycles. The molecule has 18 heavy (non-hydrogen) atoms. The lowest BCUT2D eigenvalue weighted by Crippen LogP contribution is -1.95. The molecule has 0 fully saturated rings. The number of anilines is 1. The van der Waals surface area contributed by atoms with E-state index in [-0.39, 0.29) is 0 Å². The molecule has 0 aliphatic carbocycles. The van der Waals surface area contributed by atoms with Gasteiger partial charge in [-0.05, 0) is 34.0 Å². The Bertz CT molecular complexity index is 596. The van der Waals surface area contributed by atoms with Crippen molar-refractivity contribution in [3.8, 4) is 11.1 Å². The highest BCUT2D eigenvalue weighted by atomic mass is 32.1. The average molecular weight is 271 g/mol. The van der Waals surface area contributed by atoms with Gasteiger partial charge in [-0.15, -0.1) is 11.3 Å². The molecular weight excluding hydrogens is 258 g/mol. The smallest absolute Gasteiger partial charge is 0.0494 e. The van der Waals surface area contributed by atoms with E-state index in [2.05, 4.69) is 63.9 Å². The third kappa shape index (κ3) is 2.63. The second-order valence-electron chi connectivity index (χ2n) is 4.03. The zero-order chi connectivity index (χ0) is 12.2. The summed E-state index contributed by atoms with van der Waals surface area (Å²) in [4.78, 5) is 1.36. The van der Waals surface area contributed by atoms with Gasteiger partial charge in [-0.25, -0.2) is 0 Å². The number of nitrogens with one attached hydrogen (secondary N) is 1. The van der Waals surface area contributed by atoms with Crippen LogP contribution >= 0.6 is 22.7 Å². The Morgan fingerprint density at radius 2 is 1.83 bits per heavy atom. The van der Waals surface area contributed by atoms with E-state index in [0.717, 1.165) is 6.54 Å². The zero-order valence-electron chi connectivity index (χ0n) is 9.80. The molecule has 0 radical (unpaired) electrons. The summed E-state index contributed by atoms with van der Waals surface area (Å²) in [6.07, 6.45) is 0. The van der Waals surface area contributed by atoms with Gasteiger partial charge in [-0.1, -0.05) is 30.3 Å². The number of benzene rings is 1. The predicted octanol–water partition coefficient (Wildman–Crippen LogP) is 5.09. The van der Waals surface area contributed by atoms with Crippen molar-refractivity contribution in [1.29, 1.82) is 0 Å². The minimum absolute atomic E-state index is 0.897. The van der Waals surface area contributed by atoms with Crippen LogP contribution in [0.5, 0.6) is 0 Å². The van der Waals surface area contributed by atoms with Crippen LogP contribution in [0.15, 0.2) is 58.6 Å². The SMILES string of the molecule is c1ccc(-c2csc(CNc3ccsc3)c2)cc1. The Kier molecular flexibility index (Phi) is 3.44. The average Bonchev–Trinajstić information content (AvgIpc) is 3.09. The molecule has 1 aromatic carbocycles. The molecule has 0 spiro atoms. The molecule has 0 saturated carbocycles. The summed E-state index contributed by atoms with van der Waals surface area (Å²) in [6, 6.07) is 14.9. The number of hydrogen-bond donors (Lipinski definition) is 1. The summed E-state index contributed by atoms with van der Waals surface area (Å²) in [5.41, 5.74) is 3.80. The van der Waals surface area contributed by atoms with Gasteiger partial charge in [-0.2, -0.15) is 11.3 Å². The zero-order valence-corrected chi connectivity index (χ0v) is 11.4. The Morgan fingerprint density at radius 3 is 2.61 bits per heavy atom. The van der Waals surface area contributed by atoms with Crippen molar-refractivity contribution in [2.45, 2.75) is 6.54 Å². The molecule has 3 aromatic rings. The van der Waals surface area contributed by atoms with E-state index in [4.69, 9.17) is 0 Å². The Balaban J connectivity index is 1.70. The topological polar surface area (TPSA) is 12.0 Å². The fraction of sp³-hybridized carbons (Fsp3) is 0.0667. The van der Waals surface area contributed by atoms with Crippen LogP contribution in [0.4, 0.5) is 5.69 Å². The van der Waals surface area contributed by atoms with Crippen molar-refractivity contribution in [1.82, 2.24) is 0 Å². The minimum Gasteiger partial charge on any atom is -0.379 e. The minimum atomic E-state index is 0.897. The molecule has 0 atom stereocenters. The van der Waals surface area contributed by atoms with Gasteiger partial charge in [0.25, 0.3) is 0 Å². The third-order valence-electron chi connectivity index (χ3n) is 2.75. The maximum atomic E-state index is 3.43. The molecular formula is C15H13NS2. The van der Waals surface area contributed by atoms with Gasteiger partial charge >= 0.3 is 0 Å². The van der Waals surface area contributed by atoms with Gasteiger partial charge in [0, 0.05) is 22.5 Å². The Hall–Kier alpha value is -1.58. The Labute approximate surface area is 115 Å². The number of hydrogen-bond acceptors (Lipinski definition) is 3. The molecule has 90 valence electrons. The monoisotopic (exact) mass is 271 g/mol. The van der Waals surface area contributed by atoms with Crippen LogP contribution < -0.4 is 5.32 Å². The van der Waals surface area contributed by atoms with Crippen LogP contribution in [0.1, 0.15) is 4.88 Å². The summed E-state index contributed by atoms with van der Waals surface area (Å²) >= 11 is 3.52. The predicted molar refractivity (Wildman–Crippen MR) is 81.4 cm³/mol. The second-order valence-corrected chi connectivity index (χ2v) is 5.81. The van der Waals surface area contributed by atoms with Crippen LogP contribution in [0.25, 0.3) is 11.1 Å². The van der Waals surface area contributed by atoms with E-state index in [1.165, 1.54) is 21.7 Å². The summed E-state index contributed by atoms with van der Waals surface area (Å²) in [5, 5.41) is 9.87. The molecule has 1 N–H and O–H groups in total. The third-order valence-corrected chi connectivity index (χ3v) is 4.37. The molecule has 0 aliphatic heterocycles. The standard InChI is InChI=1S/C15H13NS2/c1-2-4-12(5-3-1)13-8-15(18-10-13)9-16-14-6-7-17-11-14/h1-8,10-11,16H,9H2. The number of thiophene rings is 2. The quantitative estimate of drug-likeness (QED) is 0.697. The lowest BCUT2D eigenvalue weighted by atomic mass is 10.1. The normalized spacial score (nSPS) is 10.4. The molecule has 0 aliphatic rings.